The van der Waals surface area contributed by atoms with E-state index < -0.39 is 0 Å². The summed E-state index contributed by atoms with van der Waals surface area (Å²) in [6.07, 6.45) is 0.980. The third-order valence-corrected chi connectivity index (χ3v) is 4.46. The summed E-state index contributed by atoms with van der Waals surface area (Å²) < 4.78 is 10.9. The molecule has 3 heterocycles. The van der Waals surface area contributed by atoms with E-state index in [4.69, 9.17) is 9.26 Å². The van der Waals surface area contributed by atoms with Crippen LogP contribution in [0.5, 0.6) is 0 Å². The second-order valence-electron chi connectivity index (χ2n) is 6.42. The molecule has 0 spiro atoms. The quantitative estimate of drug-likeness (QED) is 0.794. The lowest BCUT2D eigenvalue weighted by Crippen LogP contribution is -2.35. The maximum atomic E-state index is 12.9. The molecule has 1 aromatic carbocycles. The molecule has 1 aliphatic rings. The summed E-state index contributed by atoms with van der Waals surface area (Å²) in [7, 11) is 0. The Balaban J connectivity index is 1.75. The topological polar surface area (TPSA) is 77.2 Å². The van der Waals surface area contributed by atoms with Gasteiger partial charge in [0.1, 0.15) is 0 Å². The first-order valence-corrected chi connectivity index (χ1v) is 8.36. The molecule has 4 rings (SSSR count). The Morgan fingerprint density at radius 2 is 2.08 bits per heavy atom. The third kappa shape index (κ3) is 3.00. The highest BCUT2D eigenvalue weighted by atomic mass is 16.5. The number of ether oxygens (including phenoxy) is 1. The number of carbonyl (C=O) groups is 1. The standard InChI is InChI=1S/C19H19N3O3/c1-11-8-14(10-24-11)20-18(23)15-9-16(13-6-4-3-5-7-13)21-19-17(15)12(2)22-25-19/h3-7,9,11,14H,8,10H2,1-2H3,(H,20,23). The van der Waals surface area contributed by atoms with Gasteiger partial charge in [-0.3, -0.25) is 4.79 Å². The smallest absolute Gasteiger partial charge is 0.259 e. The van der Waals surface area contributed by atoms with Gasteiger partial charge in [0.05, 0.1) is 41.1 Å². The van der Waals surface area contributed by atoms with E-state index in [1.165, 1.54) is 0 Å². The van der Waals surface area contributed by atoms with Crippen molar-refractivity contribution in [2.75, 3.05) is 6.61 Å². The Labute approximate surface area is 145 Å². The molecule has 1 fully saturated rings. The van der Waals surface area contributed by atoms with Crippen molar-refractivity contribution >= 4 is 17.0 Å². The largest absolute Gasteiger partial charge is 0.376 e. The molecule has 0 bridgehead atoms. The number of aryl methyl sites for hydroxylation is 1. The number of nitrogens with one attached hydrogen (secondary N) is 1. The van der Waals surface area contributed by atoms with Crippen LogP contribution in [0.25, 0.3) is 22.4 Å². The predicted octanol–water partition coefficient (Wildman–Crippen LogP) is 3.11. The fourth-order valence-corrected chi connectivity index (χ4v) is 3.21. The zero-order valence-corrected chi connectivity index (χ0v) is 14.2. The first-order valence-electron chi connectivity index (χ1n) is 8.36. The van der Waals surface area contributed by atoms with Crippen LogP contribution in [-0.4, -0.2) is 34.8 Å². The number of amides is 1. The number of hydrogen-bond donors (Lipinski definition) is 1. The fraction of sp³-hybridized carbons (Fsp3) is 0.316. The fourth-order valence-electron chi connectivity index (χ4n) is 3.21. The van der Waals surface area contributed by atoms with Crippen LogP contribution in [0.3, 0.4) is 0 Å². The van der Waals surface area contributed by atoms with Crippen LogP contribution < -0.4 is 5.32 Å². The van der Waals surface area contributed by atoms with Gasteiger partial charge >= 0.3 is 0 Å². The van der Waals surface area contributed by atoms with Gasteiger partial charge < -0.3 is 14.6 Å². The molecule has 3 aromatic rings. The molecule has 2 unspecified atom stereocenters. The highest BCUT2D eigenvalue weighted by molar-refractivity contribution is 6.07. The zero-order valence-electron chi connectivity index (χ0n) is 14.2. The van der Waals surface area contributed by atoms with E-state index in [9.17, 15) is 4.79 Å². The van der Waals surface area contributed by atoms with Crippen molar-refractivity contribution in [3.8, 4) is 11.3 Å². The van der Waals surface area contributed by atoms with Gasteiger partial charge in [-0.05, 0) is 26.3 Å². The molecule has 1 saturated heterocycles. The summed E-state index contributed by atoms with van der Waals surface area (Å²) in [5, 5.41) is 7.68. The molecule has 6 heteroatoms. The van der Waals surface area contributed by atoms with Crippen molar-refractivity contribution in [3.05, 3.63) is 47.7 Å². The summed E-state index contributed by atoms with van der Waals surface area (Å²) in [5.74, 6) is -0.154. The molecular formula is C19H19N3O3. The summed E-state index contributed by atoms with van der Waals surface area (Å²) in [4.78, 5) is 17.4. The van der Waals surface area contributed by atoms with E-state index in [0.29, 0.717) is 34.7 Å². The van der Waals surface area contributed by atoms with E-state index in [1.807, 2.05) is 44.2 Å². The van der Waals surface area contributed by atoms with Crippen molar-refractivity contribution in [3.63, 3.8) is 0 Å². The van der Waals surface area contributed by atoms with Gasteiger partial charge in [-0.1, -0.05) is 35.5 Å². The number of nitrogens with zero attached hydrogens (tertiary/aromatic N) is 2. The highest BCUT2D eigenvalue weighted by Crippen LogP contribution is 2.27. The van der Waals surface area contributed by atoms with Crippen molar-refractivity contribution in [1.29, 1.82) is 0 Å². The van der Waals surface area contributed by atoms with E-state index in [1.54, 1.807) is 6.07 Å². The molecule has 2 aromatic heterocycles. The van der Waals surface area contributed by atoms with E-state index in [-0.39, 0.29) is 18.1 Å². The summed E-state index contributed by atoms with van der Waals surface area (Å²) >= 11 is 0. The minimum Gasteiger partial charge on any atom is -0.376 e. The third-order valence-electron chi connectivity index (χ3n) is 4.46. The van der Waals surface area contributed by atoms with Gasteiger partial charge in [0, 0.05) is 5.56 Å². The van der Waals surface area contributed by atoms with Crippen molar-refractivity contribution in [2.45, 2.75) is 32.4 Å². The number of rotatable bonds is 3. The summed E-state index contributed by atoms with van der Waals surface area (Å²) in [6, 6.07) is 11.5. The second-order valence-corrected chi connectivity index (χ2v) is 6.42. The lowest BCUT2D eigenvalue weighted by atomic mass is 10.0. The number of pyridine rings is 1. The monoisotopic (exact) mass is 337 g/mol. The van der Waals surface area contributed by atoms with Gasteiger partial charge in [-0.2, -0.15) is 0 Å². The summed E-state index contributed by atoms with van der Waals surface area (Å²) in [6.45, 7) is 4.36. The van der Waals surface area contributed by atoms with Crippen LogP contribution >= 0.6 is 0 Å². The predicted molar refractivity (Wildman–Crippen MR) is 93.3 cm³/mol. The summed E-state index contributed by atoms with van der Waals surface area (Å²) in [5.41, 5.74) is 3.17. The average molecular weight is 337 g/mol. The lowest BCUT2D eigenvalue weighted by molar-refractivity contribution is 0.0921. The Hall–Kier alpha value is -2.73. The van der Waals surface area contributed by atoms with Crippen LogP contribution in [0.2, 0.25) is 0 Å². The molecule has 1 aliphatic heterocycles. The molecule has 2 atom stereocenters. The minimum absolute atomic E-state index is 0.0195. The van der Waals surface area contributed by atoms with Crippen molar-refractivity contribution in [2.24, 2.45) is 0 Å². The molecule has 1 amide bonds. The van der Waals surface area contributed by atoms with Crippen molar-refractivity contribution < 1.29 is 14.1 Å². The molecule has 0 aliphatic carbocycles. The molecule has 128 valence electrons. The molecular weight excluding hydrogens is 318 g/mol. The Bertz CT molecular complexity index is 920. The molecule has 1 N–H and O–H groups in total. The number of aromatic nitrogens is 2. The number of benzene rings is 1. The van der Waals surface area contributed by atoms with Gasteiger partial charge in [-0.25, -0.2) is 4.98 Å². The van der Waals surface area contributed by atoms with Crippen LogP contribution in [0, 0.1) is 6.92 Å². The minimum atomic E-state index is -0.154. The van der Waals surface area contributed by atoms with Crippen LogP contribution in [-0.2, 0) is 4.74 Å². The second kappa shape index (κ2) is 6.29. The Kier molecular flexibility index (Phi) is 3.97. The first-order chi connectivity index (χ1) is 12.1. The Morgan fingerprint density at radius 3 is 2.80 bits per heavy atom. The van der Waals surface area contributed by atoms with Gasteiger partial charge in [0.15, 0.2) is 0 Å². The van der Waals surface area contributed by atoms with Crippen molar-refractivity contribution in [1.82, 2.24) is 15.5 Å². The maximum absolute atomic E-state index is 12.9. The highest BCUT2D eigenvalue weighted by Gasteiger charge is 2.26. The zero-order chi connectivity index (χ0) is 17.4. The number of hydrogen-bond acceptors (Lipinski definition) is 5. The molecule has 0 saturated carbocycles. The van der Waals surface area contributed by atoms with Gasteiger partial charge in [-0.15, -0.1) is 0 Å². The number of carbonyl (C=O) groups excluding carboxylic acids is 1. The normalized spacial score (nSPS) is 20.1. The van der Waals surface area contributed by atoms with Gasteiger partial charge in [0.25, 0.3) is 11.6 Å². The first kappa shape index (κ1) is 15.8. The average Bonchev–Trinajstić information content (AvgIpc) is 3.20. The van der Waals surface area contributed by atoms with Gasteiger partial charge in [0.2, 0.25) is 0 Å². The molecule has 6 nitrogen and oxygen atoms in total. The maximum Gasteiger partial charge on any atom is 0.259 e. The van der Waals surface area contributed by atoms with Crippen LogP contribution in [0.4, 0.5) is 0 Å². The van der Waals surface area contributed by atoms with Crippen LogP contribution in [0.1, 0.15) is 29.4 Å². The Morgan fingerprint density at radius 1 is 1.28 bits per heavy atom. The lowest BCUT2D eigenvalue weighted by Gasteiger charge is -2.12. The number of fused-ring (bicyclic) bond motifs is 1. The molecule has 25 heavy (non-hydrogen) atoms. The molecule has 0 radical (unpaired) electrons. The SMILES string of the molecule is Cc1noc2nc(-c3ccccc3)cc(C(=O)NC3COC(C)C3)c12. The van der Waals surface area contributed by atoms with Crippen LogP contribution in [0.15, 0.2) is 40.9 Å². The van der Waals surface area contributed by atoms with E-state index in [2.05, 4.69) is 15.5 Å². The van der Waals surface area contributed by atoms with E-state index in [0.717, 1.165) is 12.0 Å². The van der Waals surface area contributed by atoms with E-state index >= 15 is 0 Å².